The Morgan fingerprint density at radius 1 is 1.59 bits per heavy atom. The Morgan fingerprint density at radius 3 is 3.00 bits per heavy atom. The molecular weight excluding hydrogens is 214 g/mol. The number of hydrogen-bond acceptors (Lipinski definition) is 3. The fraction of sp³-hybridized carbons (Fsp3) is 0.538. The van der Waals surface area contributed by atoms with Gasteiger partial charge in [0.25, 0.3) is 5.91 Å². The van der Waals surface area contributed by atoms with Gasteiger partial charge in [-0.3, -0.25) is 9.78 Å². The maximum Gasteiger partial charge on any atom is 0.253 e. The summed E-state index contributed by atoms with van der Waals surface area (Å²) in [7, 11) is 0. The van der Waals surface area contributed by atoms with Crippen LogP contribution in [0.15, 0.2) is 18.5 Å². The van der Waals surface area contributed by atoms with E-state index in [0.29, 0.717) is 11.5 Å². The average Bonchev–Trinajstić information content (AvgIpc) is 3.03. The summed E-state index contributed by atoms with van der Waals surface area (Å²) < 4.78 is 0. The van der Waals surface area contributed by atoms with Crippen LogP contribution in [0.1, 0.15) is 30.6 Å². The Hall–Kier alpha value is -1.58. The van der Waals surface area contributed by atoms with E-state index in [9.17, 15) is 4.79 Å². The third-order valence-corrected chi connectivity index (χ3v) is 3.23. The second kappa shape index (κ2) is 5.17. The Morgan fingerprint density at radius 2 is 2.35 bits per heavy atom. The zero-order chi connectivity index (χ0) is 12.3. The summed E-state index contributed by atoms with van der Waals surface area (Å²) in [6.07, 6.45) is 4.57. The van der Waals surface area contributed by atoms with Crippen molar-refractivity contribution in [3.05, 3.63) is 24.0 Å². The Labute approximate surface area is 102 Å². The quantitative estimate of drug-likeness (QED) is 0.816. The number of carbonyl (C=O) groups is 1. The van der Waals surface area contributed by atoms with Crippen LogP contribution in [0.4, 0.5) is 5.69 Å². The van der Waals surface area contributed by atoms with Gasteiger partial charge >= 0.3 is 0 Å². The van der Waals surface area contributed by atoms with Crippen LogP contribution in [-0.2, 0) is 0 Å². The molecule has 2 rings (SSSR count). The molecule has 4 nitrogen and oxygen atoms in total. The molecule has 1 heterocycles. The van der Waals surface area contributed by atoms with Crippen molar-refractivity contribution < 1.29 is 4.79 Å². The number of nitrogens with zero attached hydrogens (tertiary/aromatic N) is 1. The summed E-state index contributed by atoms with van der Waals surface area (Å²) in [4.78, 5) is 16.0. The SMILES string of the molecule is CCNc1cnccc1C(=O)NCC1CC1C. The minimum atomic E-state index is -0.0116. The van der Waals surface area contributed by atoms with Gasteiger partial charge in [0.2, 0.25) is 0 Å². The van der Waals surface area contributed by atoms with Gasteiger partial charge in [-0.25, -0.2) is 0 Å². The van der Waals surface area contributed by atoms with Gasteiger partial charge in [0, 0.05) is 19.3 Å². The third-order valence-electron chi connectivity index (χ3n) is 3.23. The zero-order valence-electron chi connectivity index (χ0n) is 10.4. The molecule has 2 atom stereocenters. The van der Waals surface area contributed by atoms with Gasteiger partial charge in [-0.1, -0.05) is 6.92 Å². The van der Waals surface area contributed by atoms with Crippen molar-refractivity contribution in [2.45, 2.75) is 20.3 Å². The summed E-state index contributed by atoms with van der Waals surface area (Å²) in [6.45, 7) is 5.79. The van der Waals surface area contributed by atoms with E-state index in [0.717, 1.165) is 24.7 Å². The Kier molecular flexibility index (Phi) is 3.61. The first kappa shape index (κ1) is 11.9. The number of rotatable bonds is 5. The summed E-state index contributed by atoms with van der Waals surface area (Å²) in [5.74, 6) is 1.42. The predicted molar refractivity (Wildman–Crippen MR) is 68.0 cm³/mol. The standard InChI is InChI=1S/C13H19N3O/c1-3-15-12-8-14-5-4-11(12)13(17)16-7-10-6-9(10)2/h4-5,8-10,15H,3,6-7H2,1-2H3,(H,16,17). The van der Waals surface area contributed by atoms with Crippen LogP contribution in [0, 0.1) is 11.8 Å². The summed E-state index contributed by atoms with van der Waals surface area (Å²) in [5, 5.41) is 6.13. The van der Waals surface area contributed by atoms with Crippen molar-refractivity contribution in [2.75, 3.05) is 18.4 Å². The van der Waals surface area contributed by atoms with Crippen molar-refractivity contribution >= 4 is 11.6 Å². The van der Waals surface area contributed by atoms with Crippen LogP contribution in [0.2, 0.25) is 0 Å². The largest absolute Gasteiger partial charge is 0.383 e. The second-order valence-corrected chi connectivity index (χ2v) is 4.63. The highest BCUT2D eigenvalue weighted by Gasteiger charge is 2.32. The summed E-state index contributed by atoms with van der Waals surface area (Å²) in [6, 6.07) is 1.75. The maximum absolute atomic E-state index is 12.0. The molecule has 1 aliphatic rings. The molecule has 1 aromatic heterocycles. The molecule has 1 amide bonds. The third kappa shape index (κ3) is 2.96. The highest BCUT2D eigenvalue weighted by atomic mass is 16.1. The van der Waals surface area contributed by atoms with Gasteiger partial charge in [0.1, 0.15) is 0 Å². The summed E-state index contributed by atoms with van der Waals surface area (Å²) >= 11 is 0. The van der Waals surface area contributed by atoms with Gasteiger partial charge in [-0.15, -0.1) is 0 Å². The van der Waals surface area contributed by atoms with Crippen molar-refractivity contribution in [3.8, 4) is 0 Å². The van der Waals surface area contributed by atoms with Gasteiger partial charge in [-0.2, -0.15) is 0 Å². The number of carbonyl (C=O) groups excluding carboxylic acids is 1. The lowest BCUT2D eigenvalue weighted by atomic mass is 10.2. The second-order valence-electron chi connectivity index (χ2n) is 4.63. The van der Waals surface area contributed by atoms with E-state index in [2.05, 4.69) is 22.5 Å². The molecule has 0 radical (unpaired) electrons. The smallest absolute Gasteiger partial charge is 0.253 e. The lowest BCUT2D eigenvalue weighted by molar-refractivity contribution is 0.0952. The monoisotopic (exact) mass is 233 g/mol. The lowest BCUT2D eigenvalue weighted by Gasteiger charge is -2.10. The van der Waals surface area contributed by atoms with Crippen molar-refractivity contribution in [2.24, 2.45) is 11.8 Å². The number of pyridine rings is 1. The van der Waals surface area contributed by atoms with E-state index < -0.39 is 0 Å². The first-order valence-electron chi connectivity index (χ1n) is 6.18. The zero-order valence-corrected chi connectivity index (χ0v) is 10.4. The number of hydrogen-bond donors (Lipinski definition) is 2. The summed E-state index contributed by atoms with van der Waals surface area (Å²) in [5.41, 5.74) is 1.48. The molecule has 4 heteroatoms. The normalized spacial score (nSPS) is 22.0. The van der Waals surface area contributed by atoms with Gasteiger partial charge < -0.3 is 10.6 Å². The van der Waals surface area contributed by atoms with Crippen LogP contribution >= 0.6 is 0 Å². The lowest BCUT2D eigenvalue weighted by Crippen LogP contribution is -2.26. The van der Waals surface area contributed by atoms with E-state index in [1.807, 2.05) is 6.92 Å². The molecular formula is C13H19N3O. The maximum atomic E-state index is 12.0. The Balaban J connectivity index is 1.97. The molecule has 0 aromatic carbocycles. The van der Waals surface area contributed by atoms with Crippen LogP contribution in [0.5, 0.6) is 0 Å². The fourth-order valence-corrected chi connectivity index (χ4v) is 1.93. The van der Waals surface area contributed by atoms with Crippen molar-refractivity contribution in [1.82, 2.24) is 10.3 Å². The topological polar surface area (TPSA) is 54.0 Å². The van der Waals surface area contributed by atoms with Crippen LogP contribution < -0.4 is 10.6 Å². The number of anilines is 1. The van der Waals surface area contributed by atoms with Crippen molar-refractivity contribution in [3.63, 3.8) is 0 Å². The van der Waals surface area contributed by atoms with Gasteiger partial charge in [0.15, 0.2) is 0 Å². The molecule has 1 aliphatic carbocycles. The molecule has 0 saturated heterocycles. The molecule has 2 unspecified atom stereocenters. The molecule has 17 heavy (non-hydrogen) atoms. The molecule has 1 aromatic rings. The minimum absolute atomic E-state index is 0.0116. The number of amides is 1. The first-order chi connectivity index (χ1) is 8.22. The van der Waals surface area contributed by atoms with Crippen LogP contribution in [0.3, 0.4) is 0 Å². The Bertz CT molecular complexity index is 405. The highest BCUT2D eigenvalue weighted by Crippen LogP contribution is 2.36. The van der Waals surface area contributed by atoms with Gasteiger partial charge in [-0.05, 0) is 31.2 Å². The molecule has 2 N–H and O–H groups in total. The fourth-order valence-electron chi connectivity index (χ4n) is 1.93. The van der Waals surface area contributed by atoms with Gasteiger partial charge in [0.05, 0.1) is 17.4 Å². The van der Waals surface area contributed by atoms with E-state index in [4.69, 9.17) is 0 Å². The molecule has 0 spiro atoms. The van der Waals surface area contributed by atoms with Crippen molar-refractivity contribution in [1.29, 1.82) is 0 Å². The predicted octanol–water partition coefficient (Wildman–Crippen LogP) is 1.90. The van der Waals surface area contributed by atoms with E-state index in [1.54, 1.807) is 18.5 Å². The average molecular weight is 233 g/mol. The van der Waals surface area contributed by atoms with E-state index >= 15 is 0 Å². The molecule has 0 aliphatic heterocycles. The molecule has 1 saturated carbocycles. The van der Waals surface area contributed by atoms with Crippen LogP contribution in [-0.4, -0.2) is 24.0 Å². The number of aromatic nitrogens is 1. The minimum Gasteiger partial charge on any atom is -0.383 e. The highest BCUT2D eigenvalue weighted by molar-refractivity contribution is 5.99. The molecule has 0 bridgehead atoms. The first-order valence-corrected chi connectivity index (χ1v) is 6.18. The van der Waals surface area contributed by atoms with E-state index in [-0.39, 0.29) is 5.91 Å². The van der Waals surface area contributed by atoms with Crippen LogP contribution in [0.25, 0.3) is 0 Å². The molecule has 1 fully saturated rings. The van der Waals surface area contributed by atoms with E-state index in [1.165, 1.54) is 6.42 Å². The number of nitrogens with one attached hydrogen (secondary N) is 2. The molecule has 92 valence electrons.